The molecule has 0 unspecified atom stereocenters. The van der Waals surface area contributed by atoms with Gasteiger partial charge in [0.25, 0.3) is 0 Å². The van der Waals surface area contributed by atoms with Crippen LogP contribution < -0.4 is 5.73 Å². The van der Waals surface area contributed by atoms with Gasteiger partial charge < -0.3 is 10.5 Å². The predicted octanol–water partition coefficient (Wildman–Crippen LogP) is 3.59. The topological polar surface area (TPSA) is 48.1 Å². The summed E-state index contributed by atoms with van der Waals surface area (Å²) in [7, 11) is 0. The summed E-state index contributed by atoms with van der Waals surface area (Å²) in [5, 5.41) is 0. The standard InChI is InChI=1S/C9H9NO.C3H9N.C2H6/c1-3-11-8(2)9-5-4-6-10-7-9;1-2-3-4;1-2/h3-7H,1-2H2;2-4H2,1H3;1-2H3. The number of aromatic nitrogens is 1. The number of nitrogens with zero attached hydrogens (tertiary/aromatic N) is 1. The summed E-state index contributed by atoms with van der Waals surface area (Å²) in [6.45, 7) is 14.0. The fraction of sp³-hybridized carbons (Fsp3) is 0.357. The maximum Gasteiger partial charge on any atom is 0.128 e. The van der Waals surface area contributed by atoms with Crippen molar-refractivity contribution in [1.82, 2.24) is 4.98 Å². The second-order valence-electron chi connectivity index (χ2n) is 2.74. The summed E-state index contributed by atoms with van der Waals surface area (Å²) in [5.74, 6) is 0.563. The van der Waals surface area contributed by atoms with Gasteiger partial charge in [-0.3, -0.25) is 4.98 Å². The zero-order valence-electron chi connectivity index (χ0n) is 11.1. The van der Waals surface area contributed by atoms with Gasteiger partial charge in [0.1, 0.15) is 5.76 Å². The third-order valence-electron chi connectivity index (χ3n) is 1.50. The third kappa shape index (κ3) is 10.7. The number of hydrogen-bond donors (Lipinski definition) is 1. The first-order chi connectivity index (χ1) is 8.26. The summed E-state index contributed by atoms with van der Waals surface area (Å²) in [6.07, 6.45) is 5.83. The minimum Gasteiger partial charge on any atom is -0.466 e. The Labute approximate surface area is 105 Å². The minimum atomic E-state index is 0.563. The van der Waals surface area contributed by atoms with Gasteiger partial charge in [-0.1, -0.05) is 33.9 Å². The molecule has 0 radical (unpaired) electrons. The molecule has 0 saturated heterocycles. The number of nitrogens with two attached hydrogens (primary N) is 1. The van der Waals surface area contributed by atoms with Gasteiger partial charge in [0.2, 0.25) is 0 Å². The van der Waals surface area contributed by atoms with Crippen LogP contribution in [0.1, 0.15) is 32.8 Å². The first kappa shape index (κ1) is 17.8. The van der Waals surface area contributed by atoms with Crippen LogP contribution in [-0.2, 0) is 4.74 Å². The summed E-state index contributed by atoms with van der Waals surface area (Å²) < 4.78 is 4.96. The summed E-state index contributed by atoms with van der Waals surface area (Å²) in [4.78, 5) is 3.91. The Morgan fingerprint density at radius 2 is 2.12 bits per heavy atom. The Balaban J connectivity index is 0. The van der Waals surface area contributed by atoms with Crippen LogP contribution in [0.25, 0.3) is 5.76 Å². The molecule has 1 heterocycles. The zero-order chi connectivity index (χ0) is 13.5. The van der Waals surface area contributed by atoms with Crippen molar-refractivity contribution in [2.45, 2.75) is 27.2 Å². The first-order valence-corrected chi connectivity index (χ1v) is 5.83. The van der Waals surface area contributed by atoms with Gasteiger partial charge in [-0.25, -0.2) is 0 Å². The highest BCUT2D eigenvalue weighted by Gasteiger charge is 1.95. The van der Waals surface area contributed by atoms with Crippen LogP contribution >= 0.6 is 0 Å². The molecule has 0 atom stereocenters. The molecule has 1 rings (SSSR count). The molecule has 96 valence electrons. The monoisotopic (exact) mass is 236 g/mol. The Morgan fingerprint density at radius 1 is 1.53 bits per heavy atom. The lowest BCUT2D eigenvalue weighted by Crippen LogP contribution is -1.93. The van der Waals surface area contributed by atoms with E-state index in [0.29, 0.717) is 5.76 Å². The van der Waals surface area contributed by atoms with E-state index in [2.05, 4.69) is 25.1 Å². The van der Waals surface area contributed by atoms with E-state index in [4.69, 9.17) is 10.5 Å². The lowest BCUT2D eigenvalue weighted by Gasteiger charge is -2.01. The van der Waals surface area contributed by atoms with Crippen molar-refractivity contribution < 1.29 is 4.74 Å². The molecule has 17 heavy (non-hydrogen) atoms. The van der Waals surface area contributed by atoms with Crippen LogP contribution in [0.3, 0.4) is 0 Å². The number of hydrogen-bond acceptors (Lipinski definition) is 3. The molecule has 0 aliphatic heterocycles. The first-order valence-electron chi connectivity index (χ1n) is 5.83. The predicted molar refractivity (Wildman–Crippen MR) is 75.2 cm³/mol. The van der Waals surface area contributed by atoms with E-state index in [1.807, 2.05) is 26.0 Å². The van der Waals surface area contributed by atoms with E-state index in [-0.39, 0.29) is 0 Å². The van der Waals surface area contributed by atoms with E-state index < -0.39 is 0 Å². The second-order valence-corrected chi connectivity index (χ2v) is 2.74. The fourth-order valence-electron chi connectivity index (χ4n) is 0.696. The molecular formula is C14H24N2O. The summed E-state index contributed by atoms with van der Waals surface area (Å²) in [6, 6.07) is 3.70. The van der Waals surface area contributed by atoms with Crippen LogP contribution in [0, 0.1) is 0 Å². The van der Waals surface area contributed by atoms with E-state index in [9.17, 15) is 0 Å². The molecule has 0 spiro atoms. The molecule has 1 aromatic heterocycles. The van der Waals surface area contributed by atoms with E-state index in [1.165, 1.54) is 6.26 Å². The molecule has 2 N–H and O–H groups in total. The fourth-order valence-corrected chi connectivity index (χ4v) is 0.696. The highest BCUT2D eigenvalue weighted by atomic mass is 16.5. The largest absolute Gasteiger partial charge is 0.466 e. The smallest absolute Gasteiger partial charge is 0.128 e. The summed E-state index contributed by atoms with van der Waals surface area (Å²) >= 11 is 0. The Morgan fingerprint density at radius 3 is 2.47 bits per heavy atom. The number of rotatable bonds is 4. The SMILES string of the molecule is C=COC(=C)c1cccnc1.CC.CCCN. The van der Waals surface area contributed by atoms with E-state index >= 15 is 0 Å². The molecule has 0 saturated carbocycles. The number of ether oxygens (including phenoxy) is 1. The Hall–Kier alpha value is -1.61. The van der Waals surface area contributed by atoms with Crippen LogP contribution in [0.5, 0.6) is 0 Å². The highest BCUT2D eigenvalue weighted by molar-refractivity contribution is 5.56. The maximum atomic E-state index is 5.03. The van der Waals surface area contributed by atoms with Gasteiger partial charge in [-0.05, 0) is 25.1 Å². The number of pyridine rings is 1. The lowest BCUT2D eigenvalue weighted by molar-refractivity contribution is 0.440. The molecule has 0 amide bonds. The molecular weight excluding hydrogens is 212 g/mol. The normalized spacial score (nSPS) is 7.76. The van der Waals surface area contributed by atoms with E-state index in [1.54, 1.807) is 12.4 Å². The van der Waals surface area contributed by atoms with Crippen LogP contribution in [0.4, 0.5) is 0 Å². The van der Waals surface area contributed by atoms with Crippen molar-refractivity contribution in [1.29, 1.82) is 0 Å². The van der Waals surface area contributed by atoms with Crippen LogP contribution in [0.15, 0.2) is 43.9 Å². The average Bonchev–Trinajstić information content (AvgIpc) is 2.42. The van der Waals surface area contributed by atoms with Crippen molar-refractivity contribution in [3.05, 3.63) is 49.5 Å². The maximum absolute atomic E-state index is 5.03. The Kier molecular flexibility index (Phi) is 15.0. The molecule has 3 heteroatoms. The van der Waals surface area contributed by atoms with E-state index in [0.717, 1.165) is 18.5 Å². The van der Waals surface area contributed by atoms with Crippen LogP contribution in [-0.4, -0.2) is 11.5 Å². The van der Waals surface area contributed by atoms with Gasteiger partial charge in [0, 0.05) is 18.0 Å². The second kappa shape index (κ2) is 14.4. The zero-order valence-corrected chi connectivity index (χ0v) is 11.1. The Bertz CT molecular complexity index is 282. The van der Waals surface area contributed by atoms with Gasteiger partial charge in [0.05, 0.1) is 6.26 Å². The van der Waals surface area contributed by atoms with Crippen LogP contribution in [0.2, 0.25) is 0 Å². The molecule has 0 fully saturated rings. The van der Waals surface area contributed by atoms with Crippen molar-refractivity contribution >= 4 is 5.76 Å². The average molecular weight is 236 g/mol. The van der Waals surface area contributed by atoms with Gasteiger partial charge in [0.15, 0.2) is 0 Å². The van der Waals surface area contributed by atoms with Crippen molar-refractivity contribution in [3.63, 3.8) is 0 Å². The third-order valence-corrected chi connectivity index (χ3v) is 1.50. The molecule has 0 aliphatic carbocycles. The lowest BCUT2D eigenvalue weighted by atomic mass is 10.2. The molecule has 0 aliphatic rings. The van der Waals surface area contributed by atoms with Crippen molar-refractivity contribution in [2.75, 3.05) is 6.54 Å². The van der Waals surface area contributed by atoms with Gasteiger partial charge in [-0.15, -0.1) is 0 Å². The quantitative estimate of drug-likeness (QED) is 0.813. The highest BCUT2D eigenvalue weighted by Crippen LogP contribution is 2.10. The molecule has 3 nitrogen and oxygen atoms in total. The molecule has 0 aromatic carbocycles. The summed E-state index contributed by atoms with van der Waals surface area (Å²) in [5.41, 5.74) is 5.90. The molecule has 1 aromatic rings. The van der Waals surface area contributed by atoms with Gasteiger partial charge in [-0.2, -0.15) is 0 Å². The minimum absolute atomic E-state index is 0.563. The molecule has 0 bridgehead atoms. The van der Waals surface area contributed by atoms with Crippen molar-refractivity contribution in [3.8, 4) is 0 Å². The van der Waals surface area contributed by atoms with Gasteiger partial charge >= 0.3 is 0 Å². The van der Waals surface area contributed by atoms with Crippen molar-refractivity contribution in [2.24, 2.45) is 5.73 Å².